The predicted molar refractivity (Wildman–Crippen MR) is 74.1 cm³/mol. The Morgan fingerprint density at radius 1 is 1.30 bits per heavy atom. The molecule has 0 bridgehead atoms. The highest BCUT2D eigenvalue weighted by Crippen LogP contribution is 2.13. The standard InChI is InChI=1S/C12H16N2O2.C2HF3O2/c13-11(9-10-5-2-1-3-6-10)12(15)14-7-4-8-16-14;3-2(4,5)1(6)7/h1-3,5-6,11H,4,7-9,13H2;(H,6,7)/t11-;/m0./s1. The number of halogens is 3. The van der Waals surface area contributed by atoms with Gasteiger partial charge in [0, 0.05) is 0 Å². The van der Waals surface area contributed by atoms with E-state index < -0.39 is 18.2 Å². The molecular weight excluding hydrogens is 317 g/mol. The minimum atomic E-state index is -5.08. The van der Waals surface area contributed by atoms with Crippen LogP contribution in [0.4, 0.5) is 13.2 Å². The SMILES string of the molecule is N[C@@H](Cc1ccccc1)C(=O)N1CCCO1.O=C(O)C(F)(F)F. The number of alkyl halides is 3. The van der Waals surface area contributed by atoms with Crippen molar-refractivity contribution in [2.45, 2.75) is 25.1 Å². The van der Waals surface area contributed by atoms with Gasteiger partial charge in [0.25, 0.3) is 5.91 Å². The van der Waals surface area contributed by atoms with Crippen LogP contribution in [0.2, 0.25) is 0 Å². The van der Waals surface area contributed by atoms with Gasteiger partial charge in [0.2, 0.25) is 0 Å². The Hall–Kier alpha value is -2.13. The smallest absolute Gasteiger partial charge is 0.475 e. The minimum Gasteiger partial charge on any atom is -0.475 e. The maximum atomic E-state index is 11.8. The summed E-state index contributed by atoms with van der Waals surface area (Å²) in [5.41, 5.74) is 6.93. The summed E-state index contributed by atoms with van der Waals surface area (Å²) in [4.78, 5) is 25.9. The fraction of sp³-hybridized carbons (Fsp3) is 0.429. The number of nitrogens with two attached hydrogens (primary N) is 1. The summed E-state index contributed by atoms with van der Waals surface area (Å²) in [5, 5.41) is 8.51. The molecule has 6 nitrogen and oxygen atoms in total. The summed E-state index contributed by atoms with van der Waals surface area (Å²) in [6.45, 7) is 1.27. The Bertz CT molecular complexity index is 517. The molecule has 9 heteroatoms. The predicted octanol–water partition coefficient (Wildman–Crippen LogP) is 1.35. The van der Waals surface area contributed by atoms with Crippen molar-refractivity contribution in [3.8, 4) is 0 Å². The van der Waals surface area contributed by atoms with Crippen molar-refractivity contribution in [2.75, 3.05) is 13.2 Å². The van der Waals surface area contributed by atoms with E-state index in [1.165, 1.54) is 5.06 Å². The Morgan fingerprint density at radius 3 is 2.30 bits per heavy atom. The van der Waals surface area contributed by atoms with E-state index in [-0.39, 0.29) is 5.91 Å². The molecule has 1 heterocycles. The van der Waals surface area contributed by atoms with E-state index >= 15 is 0 Å². The molecular formula is C14H17F3N2O4. The van der Waals surface area contributed by atoms with Crippen LogP contribution in [0.15, 0.2) is 30.3 Å². The van der Waals surface area contributed by atoms with E-state index in [1.807, 2.05) is 30.3 Å². The lowest BCUT2D eigenvalue weighted by atomic mass is 10.1. The zero-order valence-electron chi connectivity index (χ0n) is 12.1. The molecule has 23 heavy (non-hydrogen) atoms. The lowest BCUT2D eigenvalue weighted by Gasteiger charge is -2.18. The molecule has 1 aromatic rings. The van der Waals surface area contributed by atoms with Crippen molar-refractivity contribution >= 4 is 11.9 Å². The van der Waals surface area contributed by atoms with E-state index in [4.69, 9.17) is 20.5 Å². The summed E-state index contributed by atoms with van der Waals surface area (Å²) in [5.74, 6) is -2.88. The first-order chi connectivity index (χ1) is 10.7. The van der Waals surface area contributed by atoms with Gasteiger partial charge < -0.3 is 10.8 Å². The van der Waals surface area contributed by atoms with Gasteiger partial charge in [0.1, 0.15) is 0 Å². The van der Waals surface area contributed by atoms with Crippen LogP contribution in [-0.4, -0.2) is 47.4 Å². The van der Waals surface area contributed by atoms with E-state index in [2.05, 4.69) is 0 Å². The zero-order chi connectivity index (χ0) is 17.5. The van der Waals surface area contributed by atoms with Gasteiger partial charge in [0.15, 0.2) is 0 Å². The number of carbonyl (C=O) groups excluding carboxylic acids is 1. The van der Waals surface area contributed by atoms with E-state index in [0.717, 1.165) is 12.0 Å². The molecule has 0 radical (unpaired) electrons. The van der Waals surface area contributed by atoms with Crippen LogP contribution in [0.25, 0.3) is 0 Å². The maximum Gasteiger partial charge on any atom is 0.490 e. The Balaban J connectivity index is 0.000000322. The third-order valence-corrected chi connectivity index (χ3v) is 2.86. The molecule has 0 aromatic heterocycles. The number of rotatable bonds is 3. The molecule has 1 aliphatic rings. The number of hydrogen-bond acceptors (Lipinski definition) is 4. The summed E-state index contributed by atoms with van der Waals surface area (Å²) in [6, 6.07) is 9.26. The maximum absolute atomic E-state index is 11.8. The summed E-state index contributed by atoms with van der Waals surface area (Å²) in [6.07, 6.45) is -3.64. The first-order valence-corrected chi connectivity index (χ1v) is 6.75. The third kappa shape index (κ3) is 6.66. The second-order valence-corrected chi connectivity index (χ2v) is 4.73. The topological polar surface area (TPSA) is 92.9 Å². The van der Waals surface area contributed by atoms with E-state index in [0.29, 0.717) is 19.6 Å². The summed E-state index contributed by atoms with van der Waals surface area (Å²) in [7, 11) is 0. The van der Waals surface area contributed by atoms with E-state index in [9.17, 15) is 18.0 Å². The quantitative estimate of drug-likeness (QED) is 0.870. The number of nitrogens with zero attached hydrogens (tertiary/aromatic N) is 1. The van der Waals surface area contributed by atoms with Crippen molar-refractivity contribution in [3.05, 3.63) is 35.9 Å². The molecule has 1 atom stereocenters. The number of hydrogen-bond donors (Lipinski definition) is 2. The monoisotopic (exact) mass is 334 g/mol. The van der Waals surface area contributed by atoms with E-state index in [1.54, 1.807) is 0 Å². The first kappa shape index (κ1) is 18.9. The molecule has 0 aliphatic carbocycles. The number of carboxylic acids is 1. The van der Waals surface area contributed by atoms with Crippen LogP contribution in [0, 0.1) is 0 Å². The van der Waals surface area contributed by atoms with Gasteiger partial charge in [-0.1, -0.05) is 30.3 Å². The van der Waals surface area contributed by atoms with Gasteiger partial charge in [-0.15, -0.1) is 0 Å². The highest BCUT2D eigenvalue weighted by Gasteiger charge is 2.38. The lowest BCUT2D eigenvalue weighted by Crippen LogP contribution is -2.43. The molecule has 0 unspecified atom stereocenters. The van der Waals surface area contributed by atoms with Crippen molar-refractivity contribution in [1.82, 2.24) is 5.06 Å². The molecule has 3 N–H and O–H groups in total. The third-order valence-electron chi connectivity index (χ3n) is 2.86. The van der Waals surface area contributed by atoms with Crippen molar-refractivity contribution < 1.29 is 32.7 Å². The Morgan fingerprint density at radius 2 is 1.87 bits per heavy atom. The largest absolute Gasteiger partial charge is 0.490 e. The van der Waals surface area contributed by atoms with Crippen LogP contribution in [-0.2, 0) is 20.8 Å². The van der Waals surface area contributed by atoms with Crippen molar-refractivity contribution in [3.63, 3.8) is 0 Å². The second kappa shape index (κ2) is 8.49. The van der Waals surface area contributed by atoms with Gasteiger partial charge >= 0.3 is 12.1 Å². The highest BCUT2D eigenvalue weighted by molar-refractivity contribution is 5.81. The number of amides is 1. The van der Waals surface area contributed by atoms with Gasteiger partial charge in [-0.05, 0) is 18.4 Å². The number of hydroxylamine groups is 2. The Labute approximate surface area is 130 Å². The molecule has 1 fully saturated rings. The van der Waals surface area contributed by atoms with Gasteiger partial charge in [-0.3, -0.25) is 9.63 Å². The lowest BCUT2D eigenvalue weighted by molar-refractivity contribution is -0.192. The number of benzene rings is 1. The van der Waals surface area contributed by atoms with Crippen LogP contribution < -0.4 is 5.73 Å². The normalized spacial score (nSPS) is 15.6. The molecule has 128 valence electrons. The molecule has 1 aliphatic heterocycles. The van der Waals surface area contributed by atoms with Crippen LogP contribution in [0.5, 0.6) is 0 Å². The van der Waals surface area contributed by atoms with Crippen LogP contribution in [0.1, 0.15) is 12.0 Å². The zero-order valence-corrected chi connectivity index (χ0v) is 12.1. The van der Waals surface area contributed by atoms with Crippen molar-refractivity contribution in [2.24, 2.45) is 5.73 Å². The molecule has 1 aromatic carbocycles. The molecule has 1 saturated heterocycles. The average molecular weight is 334 g/mol. The van der Waals surface area contributed by atoms with Gasteiger partial charge in [-0.2, -0.15) is 13.2 Å². The Kier molecular flexibility index (Phi) is 6.98. The number of aliphatic carboxylic acids is 1. The highest BCUT2D eigenvalue weighted by atomic mass is 19.4. The van der Waals surface area contributed by atoms with Gasteiger partial charge in [0.05, 0.1) is 19.2 Å². The summed E-state index contributed by atoms with van der Waals surface area (Å²) >= 11 is 0. The fourth-order valence-electron chi connectivity index (χ4n) is 1.76. The molecule has 0 saturated carbocycles. The van der Waals surface area contributed by atoms with Crippen molar-refractivity contribution in [1.29, 1.82) is 0 Å². The fourth-order valence-corrected chi connectivity index (χ4v) is 1.76. The summed E-state index contributed by atoms with van der Waals surface area (Å²) < 4.78 is 31.7. The minimum absolute atomic E-state index is 0.124. The first-order valence-electron chi connectivity index (χ1n) is 6.75. The number of carbonyl (C=O) groups is 2. The molecule has 1 amide bonds. The van der Waals surface area contributed by atoms with Crippen LogP contribution >= 0.6 is 0 Å². The van der Waals surface area contributed by atoms with Gasteiger partial charge in [-0.25, -0.2) is 9.86 Å². The number of carboxylic acid groups (broad SMARTS) is 1. The average Bonchev–Trinajstić information content (AvgIpc) is 3.01. The second-order valence-electron chi connectivity index (χ2n) is 4.73. The van der Waals surface area contributed by atoms with Crippen LogP contribution in [0.3, 0.4) is 0 Å². The molecule has 2 rings (SSSR count). The molecule has 0 spiro atoms.